The van der Waals surface area contributed by atoms with E-state index < -0.39 is 42.4 Å². The number of carbonyl (C=O) groups is 3. The Labute approximate surface area is 81.7 Å². The molecule has 0 aromatic rings. The fourth-order valence-corrected chi connectivity index (χ4v) is 0.747. The standard InChI is InChI=1S/C9H14O5/c1-5(10)8(13)3-7(12)4-9(14)6(2)11/h5-6,10-11H,3-4H2,1-2H3. The van der Waals surface area contributed by atoms with Gasteiger partial charge in [-0.15, -0.1) is 0 Å². The highest BCUT2D eigenvalue weighted by Gasteiger charge is 2.18. The van der Waals surface area contributed by atoms with E-state index in [1.165, 1.54) is 13.8 Å². The van der Waals surface area contributed by atoms with Crippen LogP contribution in [0.25, 0.3) is 0 Å². The Morgan fingerprint density at radius 3 is 1.43 bits per heavy atom. The zero-order valence-electron chi connectivity index (χ0n) is 8.19. The van der Waals surface area contributed by atoms with Gasteiger partial charge in [-0.05, 0) is 13.8 Å². The molecule has 5 heteroatoms. The van der Waals surface area contributed by atoms with Crippen LogP contribution in [0.15, 0.2) is 0 Å². The molecular formula is C9H14O5. The van der Waals surface area contributed by atoms with E-state index in [4.69, 9.17) is 10.2 Å². The molecule has 0 aliphatic heterocycles. The Morgan fingerprint density at radius 2 is 1.21 bits per heavy atom. The molecule has 2 unspecified atom stereocenters. The summed E-state index contributed by atoms with van der Waals surface area (Å²) in [5.41, 5.74) is 0. The fourth-order valence-electron chi connectivity index (χ4n) is 0.747. The van der Waals surface area contributed by atoms with E-state index >= 15 is 0 Å². The first-order valence-corrected chi connectivity index (χ1v) is 4.28. The molecule has 0 rings (SSSR count). The Balaban J connectivity index is 4.00. The van der Waals surface area contributed by atoms with Crippen LogP contribution in [0.1, 0.15) is 26.7 Å². The fraction of sp³-hybridized carbons (Fsp3) is 0.667. The number of rotatable bonds is 6. The topological polar surface area (TPSA) is 91.7 Å². The van der Waals surface area contributed by atoms with E-state index in [0.29, 0.717) is 0 Å². The zero-order chi connectivity index (χ0) is 11.3. The predicted molar refractivity (Wildman–Crippen MR) is 47.6 cm³/mol. The van der Waals surface area contributed by atoms with Crippen LogP contribution in [0.5, 0.6) is 0 Å². The molecule has 0 aliphatic carbocycles. The Morgan fingerprint density at radius 1 is 0.929 bits per heavy atom. The minimum atomic E-state index is -1.19. The summed E-state index contributed by atoms with van der Waals surface area (Å²) in [6.07, 6.45) is -3.31. The van der Waals surface area contributed by atoms with Crippen LogP contribution in [0, 0.1) is 0 Å². The molecule has 0 radical (unpaired) electrons. The van der Waals surface area contributed by atoms with E-state index in [-0.39, 0.29) is 0 Å². The molecule has 0 heterocycles. The number of hydrogen-bond acceptors (Lipinski definition) is 5. The van der Waals surface area contributed by atoms with Crippen molar-refractivity contribution in [2.45, 2.75) is 38.9 Å². The van der Waals surface area contributed by atoms with Crippen molar-refractivity contribution in [3.8, 4) is 0 Å². The molecule has 80 valence electrons. The third-order valence-electron chi connectivity index (χ3n) is 1.67. The first kappa shape index (κ1) is 12.9. The molecule has 0 aromatic heterocycles. The number of Topliss-reactive ketones (excluding diaryl/α,β-unsaturated/α-hetero) is 3. The van der Waals surface area contributed by atoms with Crippen molar-refractivity contribution in [3.63, 3.8) is 0 Å². The van der Waals surface area contributed by atoms with Gasteiger partial charge in [-0.2, -0.15) is 0 Å². The quantitative estimate of drug-likeness (QED) is 0.552. The zero-order valence-corrected chi connectivity index (χ0v) is 8.19. The lowest BCUT2D eigenvalue weighted by molar-refractivity contribution is -0.135. The maximum absolute atomic E-state index is 11.0. The largest absolute Gasteiger partial charge is 0.386 e. The van der Waals surface area contributed by atoms with Gasteiger partial charge < -0.3 is 10.2 Å². The first-order valence-electron chi connectivity index (χ1n) is 4.28. The van der Waals surface area contributed by atoms with E-state index in [1.807, 2.05) is 0 Å². The number of aliphatic hydroxyl groups is 2. The minimum absolute atomic E-state index is 0.462. The highest BCUT2D eigenvalue weighted by molar-refractivity contribution is 6.08. The molecule has 0 aromatic carbocycles. The van der Waals surface area contributed by atoms with Gasteiger partial charge in [0.05, 0.1) is 12.8 Å². The van der Waals surface area contributed by atoms with Crippen molar-refractivity contribution in [1.82, 2.24) is 0 Å². The molecule has 0 bridgehead atoms. The van der Waals surface area contributed by atoms with Crippen LogP contribution in [-0.4, -0.2) is 39.8 Å². The molecule has 0 fully saturated rings. The van der Waals surface area contributed by atoms with Gasteiger partial charge >= 0.3 is 0 Å². The maximum atomic E-state index is 11.0. The van der Waals surface area contributed by atoms with E-state index in [0.717, 1.165) is 0 Å². The van der Waals surface area contributed by atoms with Gasteiger partial charge in [0.25, 0.3) is 0 Å². The molecule has 0 saturated heterocycles. The Bertz CT molecular complexity index is 218. The van der Waals surface area contributed by atoms with Gasteiger partial charge in [0.1, 0.15) is 18.0 Å². The third-order valence-corrected chi connectivity index (χ3v) is 1.67. The number of aliphatic hydroxyl groups excluding tert-OH is 2. The Hall–Kier alpha value is -1.07. The van der Waals surface area contributed by atoms with Crippen LogP contribution in [0.4, 0.5) is 0 Å². The number of hydrogen-bond donors (Lipinski definition) is 2. The second-order valence-electron chi connectivity index (χ2n) is 3.18. The summed E-state index contributed by atoms with van der Waals surface area (Å²) in [7, 11) is 0. The number of carbonyl (C=O) groups excluding carboxylic acids is 3. The smallest absolute Gasteiger partial charge is 0.168 e. The van der Waals surface area contributed by atoms with Crippen LogP contribution < -0.4 is 0 Å². The van der Waals surface area contributed by atoms with Crippen molar-refractivity contribution in [1.29, 1.82) is 0 Å². The lowest BCUT2D eigenvalue weighted by Crippen LogP contribution is -2.24. The first-order chi connectivity index (χ1) is 6.34. The molecule has 0 amide bonds. The molecule has 0 spiro atoms. The lowest BCUT2D eigenvalue weighted by Gasteiger charge is -2.03. The molecular weight excluding hydrogens is 188 g/mol. The van der Waals surface area contributed by atoms with E-state index in [9.17, 15) is 14.4 Å². The molecule has 0 saturated carbocycles. The average Bonchev–Trinajstić information content (AvgIpc) is 2.03. The van der Waals surface area contributed by atoms with Gasteiger partial charge in [0, 0.05) is 0 Å². The third kappa shape index (κ3) is 4.84. The molecule has 2 atom stereocenters. The molecule has 2 N–H and O–H groups in total. The van der Waals surface area contributed by atoms with Crippen molar-refractivity contribution in [2.24, 2.45) is 0 Å². The van der Waals surface area contributed by atoms with Crippen LogP contribution in [0.3, 0.4) is 0 Å². The molecule has 0 aliphatic rings. The van der Waals surface area contributed by atoms with E-state index in [2.05, 4.69) is 0 Å². The second kappa shape index (κ2) is 5.62. The lowest BCUT2D eigenvalue weighted by atomic mass is 10.0. The average molecular weight is 202 g/mol. The normalized spacial score (nSPS) is 14.6. The van der Waals surface area contributed by atoms with Gasteiger partial charge in [-0.25, -0.2) is 0 Å². The molecule has 5 nitrogen and oxygen atoms in total. The van der Waals surface area contributed by atoms with Crippen molar-refractivity contribution in [3.05, 3.63) is 0 Å². The minimum Gasteiger partial charge on any atom is -0.386 e. The van der Waals surface area contributed by atoms with Gasteiger partial charge in [0.15, 0.2) is 11.6 Å². The second-order valence-corrected chi connectivity index (χ2v) is 3.18. The SMILES string of the molecule is CC(O)C(=O)CC(=O)CC(=O)C(C)O. The van der Waals surface area contributed by atoms with Gasteiger partial charge in [0.2, 0.25) is 0 Å². The summed E-state index contributed by atoms with van der Waals surface area (Å²) in [6.45, 7) is 2.51. The highest BCUT2D eigenvalue weighted by Crippen LogP contribution is 1.99. The summed E-state index contributed by atoms with van der Waals surface area (Å²) in [5.74, 6) is -1.82. The Kier molecular flexibility index (Phi) is 5.19. The maximum Gasteiger partial charge on any atom is 0.168 e. The van der Waals surface area contributed by atoms with Crippen molar-refractivity contribution in [2.75, 3.05) is 0 Å². The molecule has 14 heavy (non-hydrogen) atoms. The predicted octanol–water partition coefficient (Wildman–Crippen LogP) is -0.764. The van der Waals surface area contributed by atoms with Crippen molar-refractivity contribution >= 4 is 17.3 Å². The van der Waals surface area contributed by atoms with Crippen LogP contribution in [0.2, 0.25) is 0 Å². The highest BCUT2D eigenvalue weighted by atomic mass is 16.3. The van der Waals surface area contributed by atoms with Gasteiger partial charge in [-0.1, -0.05) is 0 Å². The summed E-state index contributed by atoms with van der Waals surface area (Å²) in [5, 5.41) is 17.6. The summed E-state index contributed by atoms with van der Waals surface area (Å²) < 4.78 is 0. The van der Waals surface area contributed by atoms with Crippen LogP contribution in [-0.2, 0) is 14.4 Å². The van der Waals surface area contributed by atoms with Crippen LogP contribution >= 0.6 is 0 Å². The monoisotopic (exact) mass is 202 g/mol. The summed E-state index contributed by atoms with van der Waals surface area (Å²) in [6, 6.07) is 0. The van der Waals surface area contributed by atoms with Gasteiger partial charge in [-0.3, -0.25) is 14.4 Å². The van der Waals surface area contributed by atoms with Crippen molar-refractivity contribution < 1.29 is 24.6 Å². The summed E-state index contributed by atoms with van der Waals surface area (Å²) in [4.78, 5) is 32.7. The number of ketones is 3. The summed E-state index contributed by atoms with van der Waals surface area (Å²) >= 11 is 0. The van der Waals surface area contributed by atoms with E-state index in [1.54, 1.807) is 0 Å².